The lowest BCUT2D eigenvalue weighted by Gasteiger charge is -2.12. The first-order valence-corrected chi connectivity index (χ1v) is 16.2. The second kappa shape index (κ2) is 14.8. The number of thioether (sulfide) groups is 1. The third-order valence-electron chi connectivity index (χ3n) is 6.57. The number of nitrogens with one attached hydrogen (secondary N) is 1. The number of amides is 2. The van der Waals surface area contributed by atoms with E-state index in [1.165, 1.54) is 41.6 Å². The smallest absolute Gasteiger partial charge is 0.267 e. The van der Waals surface area contributed by atoms with Gasteiger partial charge in [-0.05, 0) is 84.1 Å². The molecule has 1 aliphatic heterocycles. The Kier molecular flexibility index (Phi) is 10.4. The molecule has 0 bridgehead atoms. The van der Waals surface area contributed by atoms with E-state index < -0.39 is 15.9 Å². The minimum Gasteiger partial charge on any atom is -0.493 e. The Balaban J connectivity index is 1.32. The average Bonchev–Trinajstić information content (AvgIpc) is 3.68. The Bertz CT molecular complexity index is 1960. The topological polar surface area (TPSA) is 175 Å². The molecule has 0 saturated carbocycles. The monoisotopic (exact) mass is 675 g/mol. The van der Waals surface area contributed by atoms with Gasteiger partial charge in [-0.25, -0.2) is 13.6 Å². The predicted octanol–water partition coefficient (Wildman–Crippen LogP) is 4.47. The number of furan rings is 1. The number of hydrogen-bond donors (Lipinski definition) is 2. The van der Waals surface area contributed by atoms with Gasteiger partial charge in [0.1, 0.15) is 11.5 Å². The van der Waals surface area contributed by atoms with Crippen molar-refractivity contribution in [3.8, 4) is 17.2 Å². The number of rotatable bonds is 12. The Morgan fingerprint density at radius 1 is 1.00 bits per heavy atom. The standard InChI is InChI=1S/C32H29N5O8S2/c1-42-27-14-9-21(16-28(27)43-2)18-34-36-32-37(19-24-7-5-15-44-24)31(39)29(46-32)17-22-6-3-4-8-26(22)45-20-30(38)35-23-10-12-25(13-11-23)47(33,40)41/h3-18H,19-20H2,1-2H3,(H,35,38)(H2,33,40,41)/b29-17-,34-18-,36-32+. The van der Waals surface area contributed by atoms with Crippen LogP contribution in [0.3, 0.4) is 0 Å². The van der Waals surface area contributed by atoms with Crippen molar-refractivity contribution in [1.82, 2.24) is 4.90 Å². The van der Waals surface area contributed by atoms with E-state index in [2.05, 4.69) is 15.5 Å². The van der Waals surface area contributed by atoms with Gasteiger partial charge in [-0.3, -0.25) is 14.5 Å². The van der Waals surface area contributed by atoms with Crippen molar-refractivity contribution in [3.63, 3.8) is 0 Å². The summed E-state index contributed by atoms with van der Waals surface area (Å²) >= 11 is 1.13. The molecule has 1 aromatic heterocycles. The summed E-state index contributed by atoms with van der Waals surface area (Å²) in [5, 5.41) is 16.6. The van der Waals surface area contributed by atoms with Gasteiger partial charge in [0.2, 0.25) is 10.0 Å². The van der Waals surface area contributed by atoms with E-state index in [4.69, 9.17) is 23.8 Å². The maximum absolute atomic E-state index is 13.6. The molecular weight excluding hydrogens is 647 g/mol. The quantitative estimate of drug-likeness (QED) is 0.125. The van der Waals surface area contributed by atoms with Crippen LogP contribution in [0.5, 0.6) is 17.2 Å². The van der Waals surface area contributed by atoms with Gasteiger partial charge < -0.3 is 23.9 Å². The molecule has 3 aromatic carbocycles. The second-order valence-corrected chi connectivity index (χ2v) is 12.3. The molecule has 1 aliphatic rings. The fourth-order valence-electron chi connectivity index (χ4n) is 4.30. The summed E-state index contributed by atoms with van der Waals surface area (Å²) in [5.41, 5.74) is 1.64. The van der Waals surface area contributed by atoms with Gasteiger partial charge in [-0.2, -0.15) is 5.10 Å². The number of benzene rings is 3. The largest absolute Gasteiger partial charge is 0.493 e. The minimum absolute atomic E-state index is 0.0753. The molecule has 0 aliphatic carbocycles. The van der Waals surface area contributed by atoms with Gasteiger partial charge in [0.25, 0.3) is 11.8 Å². The highest BCUT2D eigenvalue weighted by Gasteiger charge is 2.34. The van der Waals surface area contributed by atoms with Crippen LogP contribution in [0.25, 0.3) is 6.08 Å². The van der Waals surface area contributed by atoms with Gasteiger partial charge in [0.05, 0.1) is 43.0 Å². The van der Waals surface area contributed by atoms with Crippen LogP contribution in [0.2, 0.25) is 0 Å². The van der Waals surface area contributed by atoms with E-state index in [0.29, 0.717) is 49.9 Å². The average molecular weight is 676 g/mol. The second-order valence-electron chi connectivity index (χ2n) is 9.77. The minimum atomic E-state index is -3.85. The highest BCUT2D eigenvalue weighted by atomic mass is 32.2. The molecule has 5 rings (SSSR count). The maximum atomic E-state index is 13.6. The van der Waals surface area contributed by atoms with Gasteiger partial charge in [-0.1, -0.05) is 18.2 Å². The van der Waals surface area contributed by atoms with Crippen LogP contribution in [-0.2, 0) is 26.2 Å². The molecule has 15 heteroatoms. The number of sulfonamides is 1. The number of nitrogens with zero attached hydrogens (tertiary/aromatic N) is 3. The number of ether oxygens (including phenoxy) is 3. The van der Waals surface area contributed by atoms with Crippen molar-refractivity contribution in [1.29, 1.82) is 0 Å². The van der Waals surface area contributed by atoms with Crippen molar-refractivity contribution in [2.45, 2.75) is 11.4 Å². The van der Waals surface area contributed by atoms with Crippen molar-refractivity contribution in [2.75, 3.05) is 26.1 Å². The molecule has 0 radical (unpaired) electrons. The van der Waals surface area contributed by atoms with Crippen LogP contribution in [0.15, 0.2) is 110 Å². The van der Waals surface area contributed by atoms with Crippen LogP contribution < -0.4 is 24.7 Å². The number of nitrogens with two attached hydrogens (primary N) is 1. The highest BCUT2D eigenvalue weighted by Crippen LogP contribution is 2.35. The molecule has 2 heterocycles. The first-order chi connectivity index (χ1) is 22.6. The van der Waals surface area contributed by atoms with Crippen LogP contribution in [0.4, 0.5) is 5.69 Å². The SMILES string of the molecule is COc1ccc(/C=N\N=C2\S/C(=C\c3ccccc3OCC(=O)Nc3ccc(S(N)(=O)=O)cc3)C(=O)N2Cc2ccco2)cc1OC. The van der Waals surface area contributed by atoms with E-state index in [1.807, 2.05) is 0 Å². The summed E-state index contributed by atoms with van der Waals surface area (Å²) in [6.07, 6.45) is 4.71. The molecule has 3 N–H and O–H groups in total. The molecule has 0 atom stereocenters. The predicted molar refractivity (Wildman–Crippen MR) is 178 cm³/mol. The van der Waals surface area contributed by atoms with E-state index in [-0.39, 0.29) is 24.0 Å². The lowest BCUT2D eigenvalue weighted by Crippen LogP contribution is -2.28. The Morgan fingerprint density at radius 3 is 2.47 bits per heavy atom. The van der Waals surface area contributed by atoms with E-state index in [1.54, 1.807) is 74.9 Å². The molecule has 47 heavy (non-hydrogen) atoms. The molecule has 1 fully saturated rings. The molecule has 1 saturated heterocycles. The zero-order valence-electron chi connectivity index (χ0n) is 25.2. The molecule has 0 spiro atoms. The third-order valence-corrected chi connectivity index (χ3v) is 8.50. The van der Waals surface area contributed by atoms with Gasteiger partial charge in [0, 0.05) is 11.3 Å². The van der Waals surface area contributed by atoms with E-state index >= 15 is 0 Å². The summed E-state index contributed by atoms with van der Waals surface area (Å²) in [7, 11) is -0.762. The van der Waals surface area contributed by atoms with E-state index in [0.717, 1.165) is 11.8 Å². The van der Waals surface area contributed by atoms with Gasteiger partial charge in [0.15, 0.2) is 23.3 Å². The number of carbonyl (C=O) groups excluding carboxylic acids is 2. The maximum Gasteiger partial charge on any atom is 0.267 e. The number of anilines is 1. The molecular formula is C32H29N5O8S2. The lowest BCUT2D eigenvalue weighted by atomic mass is 10.2. The summed E-state index contributed by atoms with van der Waals surface area (Å²) < 4.78 is 44.8. The summed E-state index contributed by atoms with van der Waals surface area (Å²) in [4.78, 5) is 27.9. The van der Waals surface area contributed by atoms with Crippen LogP contribution in [-0.4, -0.2) is 57.3 Å². The number of para-hydroxylation sites is 1. The van der Waals surface area contributed by atoms with Crippen LogP contribution >= 0.6 is 11.8 Å². The molecule has 242 valence electrons. The Hall–Kier alpha value is -5.38. The summed E-state index contributed by atoms with van der Waals surface area (Å²) in [5.74, 6) is 1.24. The molecule has 0 unspecified atom stereocenters. The summed E-state index contributed by atoms with van der Waals surface area (Å²) in [6.45, 7) is -0.211. The van der Waals surface area contributed by atoms with Crippen molar-refractivity contribution in [2.24, 2.45) is 15.3 Å². The third kappa shape index (κ3) is 8.46. The van der Waals surface area contributed by atoms with Crippen molar-refractivity contribution >= 4 is 56.7 Å². The molecule has 4 aromatic rings. The normalized spacial score (nSPS) is 15.0. The number of hydrogen-bond acceptors (Lipinski definition) is 11. The van der Waals surface area contributed by atoms with Gasteiger partial charge in [-0.15, -0.1) is 5.10 Å². The van der Waals surface area contributed by atoms with Crippen LogP contribution in [0, 0.1) is 0 Å². The van der Waals surface area contributed by atoms with Crippen molar-refractivity contribution < 1.29 is 36.6 Å². The highest BCUT2D eigenvalue weighted by molar-refractivity contribution is 8.18. The zero-order chi connectivity index (χ0) is 33.4. The number of carbonyl (C=O) groups is 2. The van der Waals surface area contributed by atoms with Crippen LogP contribution in [0.1, 0.15) is 16.9 Å². The summed E-state index contributed by atoms with van der Waals surface area (Å²) in [6, 6.07) is 21.2. The Morgan fingerprint density at radius 2 is 1.77 bits per heavy atom. The first-order valence-electron chi connectivity index (χ1n) is 13.9. The molecule has 2 amide bonds. The Labute approximate surface area is 274 Å². The zero-order valence-corrected chi connectivity index (χ0v) is 26.8. The van der Waals surface area contributed by atoms with E-state index in [9.17, 15) is 18.0 Å². The fraction of sp³-hybridized carbons (Fsp3) is 0.125. The fourth-order valence-corrected chi connectivity index (χ4v) is 5.74. The van der Waals surface area contributed by atoms with Gasteiger partial charge >= 0.3 is 0 Å². The lowest BCUT2D eigenvalue weighted by molar-refractivity contribution is -0.122. The molecule has 13 nitrogen and oxygen atoms in total. The number of methoxy groups -OCH3 is 2. The van der Waals surface area contributed by atoms with Crippen molar-refractivity contribution in [3.05, 3.63) is 107 Å². The first kappa shape index (κ1) is 33.0. The number of amidine groups is 1. The number of primary sulfonamides is 1.